The van der Waals surface area contributed by atoms with E-state index in [-0.39, 0.29) is 12.1 Å². The summed E-state index contributed by atoms with van der Waals surface area (Å²) < 4.78 is 30.5. The molecule has 0 amide bonds. The number of benzene rings is 1. The van der Waals surface area contributed by atoms with Gasteiger partial charge in [-0.1, -0.05) is 6.07 Å². The maximum atomic E-state index is 14.4. The quantitative estimate of drug-likeness (QED) is 0.726. The van der Waals surface area contributed by atoms with Gasteiger partial charge in [0, 0.05) is 11.6 Å². The van der Waals surface area contributed by atoms with Crippen molar-refractivity contribution < 1.29 is 13.9 Å². The second kappa shape index (κ2) is 6.65. The molecule has 0 saturated heterocycles. The first kappa shape index (κ1) is 16.5. The van der Waals surface area contributed by atoms with Crippen LogP contribution < -0.4 is 0 Å². The minimum Gasteiger partial charge on any atom is -0.380 e. The highest BCUT2D eigenvalue weighted by Gasteiger charge is 2.43. The van der Waals surface area contributed by atoms with Crippen molar-refractivity contribution >= 4 is 11.8 Å². The van der Waals surface area contributed by atoms with E-state index in [1.165, 1.54) is 52.5 Å². The average Bonchev–Trinajstić information content (AvgIpc) is 3.21. The van der Waals surface area contributed by atoms with E-state index in [0.29, 0.717) is 0 Å². The molecule has 3 aromatic rings. The number of aliphatic hydroxyl groups is 1. The molecule has 7 nitrogen and oxygen atoms in total. The van der Waals surface area contributed by atoms with E-state index < -0.39 is 22.6 Å². The maximum Gasteiger partial charge on any atom is 0.144 e. The Hall–Kier alpha value is -2.33. The summed E-state index contributed by atoms with van der Waals surface area (Å²) in [6.45, 7) is -0.0963. The van der Waals surface area contributed by atoms with Gasteiger partial charge in [0.15, 0.2) is 0 Å². The Bertz CT molecular complexity index is 798. The van der Waals surface area contributed by atoms with Crippen LogP contribution in [0.25, 0.3) is 0 Å². The molecule has 24 heavy (non-hydrogen) atoms. The fraction of sp³-hybridized carbons (Fsp3) is 0.286. The maximum absolute atomic E-state index is 14.4. The fourth-order valence-corrected chi connectivity index (χ4v) is 3.47. The zero-order valence-corrected chi connectivity index (χ0v) is 13.4. The number of rotatable bonds is 6. The van der Waals surface area contributed by atoms with E-state index in [4.69, 9.17) is 0 Å². The van der Waals surface area contributed by atoms with Crippen molar-refractivity contribution in [1.82, 2.24) is 29.5 Å². The third-order valence-corrected chi connectivity index (χ3v) is 4.63. The third-order valence-electron chi connectivity index (χ3n) is 3.58. The summed E-state index contributed by atoms with van der Waals surface area (Å²) in [7, 11) is 0. The molecule has 126 valence electrons. The average molecular weight is 352 g/mol. The Kier molecular flexibility index (Phi) is 4.58. The van der Waals surface area contributed by atoms with Crippen LogP contribution in [0.5, 0.6) is 0 Å². The van der Waals surface area contributed by atoms with Gasteiger partial charge in [0.05, 0.1) is 6.54 Å². The van der Waals surface area contributed by atoms with E-state index >= 15 is 0 Å². The lowest BCUT2D eigenvalue weighted by atomic mass is 9.92. The zero-order chi connectivity index (χ0) is 17.2. The van der Waals surface area contributed by atoms with Gasteiger partial charge in [-0.2, -0.15) is 10.2 Å². The summed E-state index contributed by atoms with van der Waals surface area (Å²) in [4.78, 5) is 7.70. The lowest BCUT2D eigenvalue weighted by Crippen LogP contribution is -2.40. The van der Waals surface area contributed by atoms with Crippen molar-refractivity contribution in [2.75, 3.05) is 6.26 Å². The molecule has 0 radical (unpaired) electrons. The minimum absolute atomic E-state index is 0.0609. The van der Waals surface area contributed by atoms with Crippen LogP contribution in [0, 0.1) is 11.6 Å². The third kappa shape index (κ3) is 3.02. The number of halogens is 2. The van der Waals surface area contributed by atoms with E-state index in [0.717, 1.165) is 12.1 Å². The standard InChI is InChI=1S/C14H14F2N6OS/c1-24-13(22-9-18-7-20-22)14(23,5-21-8-17-6-19-21)11-3-2-10(15)4-12(11)16/h2-4,6-9,13,23H,5H2,1H3/t13-,14-/m1/s1. The molecule has 10 heteroatoms. The first-order valence-electron chi connectivity index (χ1n) is 6.92. The smallest absolute Gasteiger partial charge is 0.144 e. The molecule has 2 atom stereocenters. The van der Waals surface area contributed by atoms with Crippen LogP contribution in [0.15, 0.2) is 43.5 Å². The van der Waals surface area contributed by atoms with Gasteiger partial charge in [-0.25, -0.2) is 28.1 Å². The molecule has 0 aliphatic rings. The molecule has 0 unspecified atom stereocenters. The number of thioether (sulfide) groups is 1. The SMILES string of the molecule is CS[C@@H](n1cncn1)[C@@](O)(Cn1cncn1)c1ccc(F)cc1F. The normalized spacial score (nSPS) is 15.2. The Morgan fingerprint density at radius 1 is 1.21 bits per heavy atom. The van der Waals surface area contributed by atoms with E-state index in [9.17, 15) is 13.9 Å². The van der Waals surface area contributed by atoms with Gasteiger partial charge in [0.25, 0.3) is 0 Å². The molecule has 0 aliphatic carbocycles. The Morgan fingerprint density at radius 2 is 1.96 bits per heavy atom. The highest BCUT2D eigenvalue weighted by molar-refractivity contribution is 7.98. The Balaban J connectivity index is 2.12. The van der Waals surface area contributed by atoms with Gasteiger partial charge in [-0.05, 0) is 12.3 Å². The van der Waals surface area contributed by atoms with Gasteiger partial charge >= 0.3 is 0 Å². The van der Waals surface area contributed by atoms with Crippen molar-refractivity contribution in [2.24, 2.45) is 0 Å². The van der Waals surface area contributed by atoms with Gasteiger partial charge in [0.2, 0.25) is 0 Å². The zero-order valence-electron chi connectivity index (χ0n) is 12.6. The number of nitrogens with zero attached hydrogens (tertiary/aromatic N) is 6. The topological polar surface area (TPSA) is 81.6 Å². The van der Waals surface area contributed by atoms with Gasteiger partial charge in [-0.15, -0.1) is 11.8 Å². The molecule has 0 aliphatic heterocycles. The van der Waals surface area contributed by atoms with Crippen LogP contribution in [0.2, 0.25) is 0 Å². The molecule has 0 bridgehead atoms. The van der Waals surface area contributed by atoms with E-state index in [2.05, 4.69) is 20.2 Å². The predicted octanol–water partition coefficient (Wildman–Crippen LogP) is 1.60. The highest BCUT2D eigenvalue weighted by Crippen LogP contribution is 2.41. The lowest BCUT2D eigenvalue weighted by molar-refractivity contribution is -0.0122. The van der Waals surface area contributed by atoms with Crippen molar-refractivity contribution in [3.63, 3.8) is 0 Å². The van der Waals surface area contributed by atoms with Crippen molar-refractivity contribution in [3.05, 3.63) is 60.7 Å². The summed E-state index contributed by atoms with van der Waals surface area (Å²) >= 11 is 1.25. The fourth-order valence-electron chi connectivity index (χ4n) is 2.56. The molecule has 2 aromatic heterocycles. The van der Waals surface area contributed by atoms with Crippen LogP contribution in [-0.2, 0) is 12.1 Å². The molecule has 1 N–H and O–H groups in total. The predicted molar refractivity (Wildman–Crippen MR) is 82.9 cm³/mol. The molecule has 0 saturated carbocycles. The Morgan fingerprint density at radius 3 is 2.54 bits per heavy atom. The molecular formula is C14H14F2N6OS. The number of hydrogen-bond donors (Lipinski definition) is 1. The summed E-state index contributed by atoms with van der Waals surface area (Å²) in [6, 6.07) is 3.06. The molecule has 0 fully saturated rings. The number of aromatic nitrogens is 6. The van der Waals surface area contributed by atoms with Gasteiger partial charge < -0.3 is 5.11 Å². The summed E-state index contributed by atoms with van der Waals surface area (Å²) in [5, 5.41) is 18.7. The van der Waals surface area contributed by atoms with E-state index in [1.807, 2.05) is 0 Å². The van der Waals surface area contributed by atoms with Gasteiger partial charge in [0.1, 0.15) is 47.9 Å². The number of hydrogen-bond acceptors (Lipinski definition) is 6. The summed E-state index contributed by atoms with van der Waals surface area (Å²) in [5.41, 5.74) is -1.83. The summed E-state index contributed by atoms with van der Waals surface area (Å²) in [5.74, 6) is -1.57. The van der Waals surface area contributed by atoms with E-state index in [1.54, 1.807) is 6.26 Å². The molecule has 2 heterocycles. The van der Waals surface area contributed by atoms with Crippen molar-refractivity contribution in [1.29, 1.82) is 0 Å². The second-order valence-electron chi connectivity index (χ2n) is 5.11. The molecule has 1 aromatic carbocycles. The van der Waals surface area contributed by atoms with Crippen LogP contribution in [0.3, 0.4) is 0 Å². The van der Waals surface area contributed by atoms with Crippen molar-refractivity contribution in [2.45, 2.75) is 17.5 Å². The largest absolute Gasteiger partial charge is 0.380 e. The van der Waals surface area contributed by atoms with Crippen LogP contribution in [-0.4, -0.2) is 40.9 Å². The molecular weight excluding hydrogens is 338 g/mol. The van der Waals surface area contributed by atoms with Crippen molar-refractivity contribution in [3.8, 4) is 0 Å². The molecule has 3 rings (SSSR count). The summed E-state index contributed by atoms with van der Waals surface area (Å²) in [6.07, 6.45) is 7.21. The first-order valence-corrected chi connectivity index (χ1v) is 8.20. The van der Waals surface area contributed by atoms with Crippen LogP contribution in [0.1, 0.15) is 10.9 Å². The Labute approximate surface area is 140 Å². The van der Waals surface area contributed by atoms with Gasteiger partial charge in [-0.3, -0.25) is 0 Å². The first-order chi connectivity index (χ1) is 11.5. The van der Waals surface area contributed by atoms with Crippen LogP contribution >= 0.6 is 11.8 Å². The lowest BCUT2D eigenvalue weighted by Gasteiger charge is -2.35. The minimum atomic E-state index is -1.77. The monoisotopic (exact) mass is 352 g/mol. The highest BCUT2D eigenvalue weighted by atomic mass is 32.2. The second-order valence-corrected chi connectivity index (χ2v) is 6.02. The van der Waals surface area contributed by atoms with Crippen LogP contribution in [0.4, 0.5) is 8.78 Å². The molecule has 0 spiro atoms.